The van der Waals surface area contributed by atoms with Crippen molar-refractivity contribution in [2.75, 3.05) is 25.0 Å². The summed E-state index contributed by atoms with van der Waals surface area (Å²) in [6, 6.07) is 1.33. The van der Waals surface area contributed by atoms with Gasteiger partial charge in [-0.1, -0.05) is 44.0 Å². The second-order valence-electron chi connectivity index (χ2n) is 10.7. The lowest BCUT2D eigenvalue weighted by Crippen LogP contribution is -2.43. The molecule has 0 radical (unpaired) electrons. The molecule has 1 atom stereocenters. The maximum atomic E-state index is 15.0. The fourth-order valence-corrected chi connectivity index (χ4v) is 5.45. The van der Waals surface area contributed by atoms with Crippen molar-refractivity contribution in [2.24, 2.45) is 10.6 Å². The summed E-state index contributed by atoms with van der Waals surface area (Å²) in [7, 11) is -4.46. The number of rotatable bonds is 5. The smallest absolute Gasteiger partial charge is 0.407 e. The number of carbonyl (C=O) groups is 3. The van der Waals surface area contributed by atoms with Crippen molar-refractivity contribution < 1.29 is 36.7 Å². The molecule has 2 aliphatic heterocycles. The van der Waals surface area contributed by atoms with Crippen molar-refractivity contribution in [3.05, 3.63) is 62.4 Å². The molecule has 220 valence electrons. The highest BCUT2D eigenvalue weighted by Gasteiger charge is 2.43. The molecule has 1 aromatic heterocycles. The van der Waals surface area contributed by atoms with Gasteiger partial charge in [0.1, 0.15) is 22.4 Å². The summed E-state index contributed by atoms with van der Waals surface area (Å²) in [5, 5.41) is 17.2. The number of aromatic nitrogens is 1. The summed E-state index contributed by atoms with van der Waals surface area (Å²) in [4.78, 5) is 43.7. The Morgan fingerprint density at radius 1 is 1.12 bits per heavy atom. The maximum absolute atomic E-state index is 15.0. The lowest BCUT2D eigenvalue weighted by molar-refractivity contribution is -0.123. The van der Waals surface area contributed by atoms with Gasteiger partial charge in [0.2, 0.25) is 15.9 Å². The molecule has 4 N–H and O–H groups in total. The van der Waals surface area contributed by atoms with Crippen molar-refractivity contribution in [1.82, 2.24) is 14.8 Å². The van der Waals surface area contributed by atoms with Gasteiger partial charge in [0.15, 0.2) is 0 Å². The second kappa shape index (κ2) is 10.8. The molecular formula is C25H25Cl2F2N5O6S. The Morgan fingerprint density at radius 2 is 1.73 bits per heavy atom. The van der Waals surface area contributed by atoms with Crippen LogP contribution in [0.2, 0.25) is 10.2 Å². The first-order valence-corrected chi connectivity index (χ1v) is 14.4. The summed E-state index contributed by atoms with van der Waals surface area (Å²) in [5.74, 6) is -4.37. The van der Waals surface area contributed by atoms with Crippen LogP contribution in [0.4, 0.5) is 19.3 Å². The van der Waals surface area contributed by atoms with E-state index in [2.05, 4.69) is 10.3 Å². The fraction of sp³-hybridized carbons (Fsp3) is 0.360. The van der Waals surface area contributed by atoms with Crippen molar-refractivity contribution in [1.29, 1.82) is 0 Å². The second-order valence-corrected chi connectivity index (χ2v) is 13.0. The number of carbonyl (C=O) groups excluding carboxylic acids is 2. The number of pyridine rings is 1. The van der Waals surface area contributed by atoms with Crippen molar-refractivity contribution in [2.45, 2.75) is 38.1 Å². The monoisotopic (exact) mass is 631 g/mol. The minimum absolute atomic E-state index is 0.0379. The van der Waals surface area contributed by atoms with Gasteiger partial charge in [0, 0.05) is 31.5 Å². The Kier molecular flexibility index (Phi) is 8.08. The van der Waals surface area contributed by atoms with Gasteiger partial charge in [-0.25, -0.2) is 32.1 Å². The van der Waals surface area contributed by atoms with Crippen LogP contribution in [-0.2, 0) is 21.2 Å². The minimum atomic E-state index is -4.46. The molecule has 0 fully saturated rings. The van der Waals surface area contributed by atoms with E-state index in [-0.39, 0.29) is 53.5 Å². The zero-order valence-electron chi connectivity index (χ0n) is 22.0. The lowest BCUT2D eigenvalue weighted by atomic mass is 9.95. The number of benzene rings is 1. The highest BCUT2D eigenvalue weighted by Crippen LogP contribution is 2.37. The van der Waals surface area contributed by atoms with Crippen LogP contribution in [-0.4, -0.2) is 71.9 Å². The Balaban J connectivity index is 1.77. The van der Waals surface area contributed by atoms with E-state index in [1.54, 1.807) is 20.8 Å². The van der Waals surface area contributed by atoms with Crippen molar-refractivity contribution in [3.63, 3.8) is 0 Å². The van der Waals surface area contributed by atoms with E-state index in [9.17, 15) is 36.7 Å². The Bertz CT molecular complexity index is 1600. The minimum Gasteiger partial charge on any atom is -0.465 e. The third kappa shape index (κ3) is 6.15. The Labute approximate surface area is 244 Å². The molecule has 4 rings (SSSR count). The Morgan fingerprint density at radius 3 is 2.27 bits per heavy atom. The molecule has 3 heterocycles. The third-order valence-corrected chi connectivity index (χ3v) is 8.32. The van der Waals surface area contributed by atoms with Gasteiger partial charge < -0.3 is 20.2 Å². The van der Waals surface area contributed by atoms with Crippen LogP contribution in [0.25, 0.3) is 0 Å². The van der Waals surface area contributed by atoms with Gasteiger partial charge in [0.25, 0.3) is 5.91 Å². The first kappa shape index (κ1) is 30.6. The average molecular weight is 632 g/mol. The van der Waals surface area contributed by atoms with Crippen LogP contribution >= 0.6 is 23.2 Å². The largest absolute Gasteiger partial charge is 0.465 e. The quantitative estimate of drug-likeness (QED) is 0.335. The van der Waals surface area contributed by atoms with E-state index in [1.165, 1.54) is 6.07 Å². The van der Waals surface area contributed by atoms with E-state index in [0.29, 0.717) is 23.3 Å². The molecule has 16 heteroatoms. The van der Waals surface area contributed by atoms with Crippen LogP contribution in [0.5, 0.6) is 0 Å². The Hall–Kier alpha value is -3.33. The number of carboxylic acid groups (broad SMARTS) is 1. The number of hydrogen-bond donors (Lipinski definition) is 3. The molecule has 41 heavy (non-hydrogen) atoms. The molecule has 0 saturated heterocycles. The first-order valence-electron chi connectivity index (χ1n) is 12.1. The number of nitrogens with one attached hydrogen (secondary N) is 1. The third-order valence-electron chi connectivity index (χ3n) is 6.75. The summed E-state index contributed by atoms with van der Waals surface area (Å²) < 4.78 is 53.2. The summed E-state index contributed by atoms with van der Waals surface area (Å²) in [6.45, 7) is 4.77. The van der Waals surface area contributed by atoms with Crippen LogP contribution in [0.3, 0.4) is 0 Å². The number of amides is 3. The van der Waals surface area contributed by atoms with Crippen LogP contribution in [0.1, 0.15) is 36.8 Å². The molecular weight excluding hydrogens is 607 g/mol. The molecule has 2 aromatic rings. The number of primary sulfonamides is 1. The van der Waals surface area contributed by atoms with Gasteiger partial charge in [-0.05, 0) is 29.3 Å². The molecule has 2 aliphatic rings. The molecule has 0 saturated carbocycles. The van der Waals surface area contributed by atoms with Gasteiger partial charge >= 0.3 is 6.09 Å². The van der Waals surface area contributed by atoms with E-state index < -0.39 is 55.6 Å². The number of nitrogens with two attached hydrogens (primary N) is 1. The molecule has 11 nitrogen and oxygen atoms in total. The molecule has 3 amide bonds. The van der Waals surface area contributed by atoms with Crippen molar-refractivity contribution in [3.8, 4) is 0 Å². The van der Waals surface area contributed by atoms with E-state index in [0.717, 1.165) is 9.80 Å². The summed E-state index contributed by atoms with van der Waals surface area (Å²) >= 11 is 12.3. The predicted octanol–water partition coefficient (Wildman–Crippen LogP) is 3.66. The molecule has 0 aliphatic carbocycles. The summed E-state index contributed by atoms with van der Waals surface area (Å²) in [5.41, 5.74) is -0.379. The van der Waals surface area contributed by atoms with Crippen LogP contribution < -0.4 is 10.5 Å². The van der Waals surface area contributed by atoms with Gasteiger partial charge in [-0.3, -0.25) is 9.59 Å². The molecule has 1 unspecified atom stereocenters. The number of nitrogens with zero attached hydrogens (tertiary/aromatic N) is 3. The highest BCUT2D eigenvalue weighted by molar-refractivity contribution is 7.89. The van der Waals surface area contributed by atoms with Crippen LogP contribution in [0.15, 0.2) is 34.2 Å². The average Bonchev–Trinajstić information content (AvgIpc) is 3.40. The standard InChI is InChI=1S/C25H25Cl2F2N5O6S/c1-25(2,3)23(36)32-17-6-14(26)21(27)31-18(17)7-19-13-10-33(24(37)38)8-11(13)9-34(19)22(35)20-15(28)4-12(5-16(20)29)41(30,39)40/h4-6,19H,7-10H2,1-3H3,(H,32,36)(H,37,38)(H2,30,39,40). The van der Waals surface area contributed by atoms with E-state index in [1.807, 2.05) is 0 Å². The lowest BCUT2D eigenvalue weighted by Gasteiger charge is -2.30. The molecule has 0 spiro atoms. The summed E-state index contributed by atoms with van der Waals surface area (Å²) in [6.07, 6.45) is -1.33. The number of sulfonamides is 1. The van der Waals surface area contributed by atoms with E-state index >= 15 is 0 Å². The number of halogens is 4. The van der Waals surface area contributed by atoms with Gasteiger partial charge in [-0.2, -0.15) is 0 Å². The zero-order valence-corrected chi connectivity index (χ0v) is 24.3. The molecule has 0 bridgehead atoms. The van der Waals surface area contributed by atoms with Gasteiger partial charge in [0.05, 0.1) is 27.3 Å². The normalized spacial score (nSPS) is 17.2. The molecule has 1 aromatic carbocycles. The van der Waals surface area contributed by atoms with Crippen molar-refractivity contribution >= 4 is 56.8 Å². The first-order chi connectivity index (χ1) is 18.9. The zero-order chi connectivity index (χ0) is 30.6. The van der Waals surface area contributed by atoms with Gasteiger partial charge in [-0.15, -0.1) is 0 Å². The SMILES string of the molecule is CC(C)(C)C(=O)Nc1cc(Cl)c(Cl)nc1CC1C2=C(CN(C(=O)O)C2)CN1C(=O)c1c(F)cc(S(N)(=O)=O)cc1F. The van der Waals surface area contributed by atoms with E-state index in [4.69, 9.17) is 28.3 Å². The number of hydrogen-bond acceptors (Lipinski definition) is 6. The maximum Gasteiger partial charge on any atom is 0.407 e. The topological polar surface area (TPSA) is 163 Å². The predicted molar refractivity (Wildman–Crippen MR) is 145 cm³/mol. The number of anilines is 1. The van der Waals surface area contributed by atoms with Crippen LogP contribution in [0, 0.1) is 17.0 Å². The highest BCUT2D eigenvalue weighted by atomic mass is 35.5. The fourth-order valence-electron chi connectivity index (χ4n) is 4.60.